The second-order valence-corrected chi connectivity index (χ2v) is 23.4. The zero-order chi connectivity index (χ0) is 38.0. The van der Waals surface area contributed by atoms with E-state index in [0.717, 1.165) is 64.3 Å². The van der Waals surface area contributed by atoms with Crippen molar-refractivity contribution in [3.05, 3.63) is 0 Å². The lowest BCUT2D eigenvalue weighted by molar-refractivity contribution is -0.231. The third kappa shape index (κ3) is 8.31. The first kappa shape index (κ1) is 38.0. The molecule has 297 valence electrons. The molecule has 9 aliphatic rings. The summed E-state index contributed by atoms with van der Waals surface area (Å²) in [6, 6.07) is 0.576. The largest absolute Gasteiger partial charge is 0.370 e. The minimum absolute atomic E-state index is 0.00338. The highest BCUT2D eigenvalue weighted by molar-refractivity contribution is 14.2. The van der Waals surface area contributed by atoms with Gasteiger partial charge in [0.05, 0.1) is 18.8 Å². The highest BCUT2D eigenvalue weighted by atomic mass is 127. The molecule has 0 amide bonds. The highest BCUT2D eigenvalue weighted by Crippen LogP contribution is 2.59. The first-order chi connectivity index (χ1) is 25.8. The lowest BCUT2D eigenvalue weighted by Crippen LogP contribution is -2.49. The van der Waals surface area contributed by atoms with Gasteiger partial charge in [0.2, 0.25) is 7.65 Å². The molecule has 2 spiro atoms. The molecule has 0 bridgehead atoms. The molecule has 9 rings (SSSR count). The third-order valence-corrected chi connectivity index (χ3v) is 18.2. The number of hydrogen-bond acceptors (Lipinski definition) is 13. The van der Waals surface area contributed by atoms with Crippen molar-refractivity contribution in [3.8, 4) is 0 Å². The van der Waals surface area contributed by atoms with Gasteiger partial charge >= 0.3 is 0 Å². The van der Waals surface area contributed by atoms with Crippen LogP contribution in [-0.2, 0) is 50.9 Å². The molecule has 0 N–H and O–H groups in total. The molecule has 2 aliphatic carbocycles. The van der Waals surface area contributed by atoms with Crippen molar-refractivity contribution >= 4 is 64.7 Å². The second kappa shape index (κ2) is 16.8. The van der Waals surface area contributed by atoms with E-state index in [2.05, 4.69) is 37.0 Å². The van der Waals surface area contributed by atoms with E-state index in [-0.39, 0.29) is 80.2 Å². The van der Waals surface area contributed by atoms with Gasteiger partial charge in [-0.1, -0.05) is 0 Å². The molecule has 0 aromatic heterocycles. The standard InChI is InChI=1S/C20H35BINO7PS.C13H21ClNO4P/c1-12(2)23-9-15-17(18-19(26-15)28-20(27-18)6-4-5-7-20)30-31(23)29-14-8-13(3)25-16(14)10-24-32(22)11-21;1-8(2)15-7-9-10(19-20(15)14)11-12(16-9)18-13(17-11)5-3-4-6-13/h12-19,21,32H,4-11H2,1-3H3;8-12H,3-7H2,1-2H3/t13?,14?,15-,16?,17+,18-,19-,31?;9-,10+,11-,12-,20?/m00/s1/i21T,32D;. The van der Waals surface area contributed by atoms with Gasteiger partial charge in [-0.25, -0.2) is 9.34 Å². The lowest BCUT2D eigenvalue weighted by atomic mass is 10.1. The van der Waals surface area contributed by atoms with Gasteiger partial charge in [-0.3, -0.25) is 0 Å². The van der Waals surface area contributed by atoms with Crippen LogP contribution in [0, 0.1) is 0 Å². The summed E-state index contributed by atoms with van der Waals surface area (Å²) in [6.07, 6.45) is 7.25. The molecule has 7 saturated heterocycles. The number of rotatable bonds is 9. The highest BCUT2D eigenvalue weighted by Gasteiger charge is 2.63. The fraction of sp³-hybridized carbons (Fsp3) is 1.00. The Kier molecular flexibility index (Phi) is 12.3. The lowest BCUT2D eigenvalue weighted by Gasteiger charge is -2.43. The normalized spacial score (nSPS) is 47.1. The van der Waals surface area contributed by atoms with Gasteiger partial charge in [-0.15, -0.1) is 8.25 Å². The van der Waals surface area contributed by atoms with Crippen molar-refractivity contribution in [1.29, 1.82) is 2.46 Å². The van der Waals surface area contributed by atoms with Crippen LogP contribution in [0.4, 0.5) is 0 Å². The number of fused-ring (bicyclic) bond motifs is 6. The van der Waals surface area contributed by atoms with Crippen LogP contribution in [0.1, 0.15) is 92.4 Å². The maximum absolute atomic E-state index is 8.30. The van der Waals surface area contributed by atoms with Gasteiger partial charge < -0.3 is 50.9 Å². The molecule has 52 heavy (non-hydrogen) atoms. The molecule has 14 atom stereocenters. The predicted molar refractivity (Wildman–Crippen MR) is 210 cm³/mol. The van der Waals surface area contributed by atoms with E-state index < -0.39 is 36.0 Å². The number of hydrogen-bond donors (Lipinski definition) is 1. The Morgan fingerprint density at radius 1 is 0.885 bits per heavy atom. The molecule has 0 aromatic rings. The summed E-state index contributed by atoms with van der Waals surface area (Å²) >= 11 is 8.40. The fourth-order valence-corrected chi connectivity index (χ4v) is 13.7. The van der Waals surface area contributed by atoms with Gasteiger partial charge in [0.1, 0.15) is 51.7 Å². The Labute approximate surface area is 334 Å². The van der Waals surface area contributed by atoms with E-state index >= 15 is 0 Å². The van der Waals surface area contributed by atoms with E-state index in [4.69, 9.17) is 64.6 Å². The zero-order valence-electron chi connectivity index (χ0n) is 32.7. The maximum Gasteiger partial charge on any atom is 0.259 e. The molecule has 7 aliphatic heterocycles. The van der Waals surface area contributed by atoms with Crippen LogP contribution in [0.25, 0.3) is 0 Å². The molecule has 7 heterocycles. The minimum Gasteiger partial charge on any atom is -0.370 e. The molecule has 6 unspecified atom stereocenters. The van der Waals surface area contributed by atoms with Crippen LogP contribution in [0.5, 0.6) is 0 Å². The number of thiol groups is 1. The summed E-state index contributed by atoms with van der Waals surface area (Å²) in [5, 5.41) is 0. The van der Waals surface area contributed by atoms with Crippen molar-refractivity contribution in [3.63, 3.8) is 0 Å². The number of halogens is 2. The van der Waals surface area contributed by atoms with Crippen LogP contribution < -0.4 is 0 Å². The fourth-order valence-electron chi connectivity index (χ4n) is 8.83. The average Bonchev–Trinajstić information content (AvgIpc) is 3.98. The van der Waals surface area contributed by atoms with Gasteiger partial charge in [0.25, 0.3) is 8.53 Å². The smallest absolute Gasteiger partial charge is 0.259 e. The molecular formula is C33H56BClIN2O11P2S. The van der Waals surface area contributed by atoms with Crippen molar-refractivity contribution < 1.29 is 50.9 Å². The Hall–Kier alpha value is 1.77. The van der Waals surface area contributed by atoms with Crippen molar-refractivity contribution in [1.82, 2.24) is 9.34 Å². The zero-order valence-corrected chi connectivity index (χ0v) is 36.2. The quantitative estimate of drug-likeness (QED) is 0.119. The first-order valence-corrected chi connectivity index (χ1v) is 26.2. The number of ether oxygens (including phenoxy) is 7. The topological polar surface area (TPSA) is 108 Å². The summed E-state index contributed by atoms with van der Waals surface area (Å²) in [5.41, 5.74) is 0.299. The van der Waals surface area contributed by atoms with Crippen LogP contribution in [0.15, 0.2) is 0 Å². The third-order valence-electron chi connectivity index (χ3n) is 11.5. The Morgan fingerprint density at radius 2 is 1.44 bits per heavy atom. The minimum atomic E-state index is -2.09. The summed E-state index contributed by atoms with van der Waals surface area (Å²) in [5.74, 6) is -0.908. The molecule has 2 saturated carbocycles. The van der Waals surface area contributed by atoms with Crippen molar-refractivity contribution in [2.45, 2.75) is 184 Å². The number of nitrogens with zero attached hydrogens (tertiary/aromatic N) is 2. The van der Waals surface area contributed by atoms with E-state index in [1.165, 1.54) is 7.81 Å². The molecule has 0 aromatic carbocycles. The Morgan fingerprint density at radius 3 is 2.00 bits per heavy atom. The van der Waals surface area contributed by atoms with Gasteiger partial charge in [-0.2, -0.15) is 0 Å². The van der Waals surface area contributed by atoms with Crippen molar-refractivity contribution in [2.75, 3.05) is 25.3 Å². The van der Waals surface area contributed by atoms with E-state index in [1.54, 1.807) is 0 Å². The van der Waals surface area contributed by atoms with Crippen LogP contribution >= 0.6 is 56.9 Å². The van der Waals surface area contributed by atoms with Crippen molar-refractivity contribution in [2.24, 2.45) is 0 Å². The monoisotopic (exact) mass is 926 g/mol. The average molecular weight is 927 g/mol. The first-order valence-electron chi connectivity index (χ1n) is 20.1. The molecular weight excluding hydrogens is 868 g/mol. The van der Waals surface area contributed by atoms with E-state index in [9.17, 15) is 0 Å². The van der Waals surface area contributed by atoms with Gasteiger partial charge in [0.15, 0.2) is 24.2 Å². The van der Waals surface area contributed by atoms with Crippen LogP contribution in [-0.4, -0.2) is 136 Å². The van der Waals surface area contributed by atoms with Crippen LogP contribution in [0.3, 0.4) is 0 Å². The summed E-state index contributed by atoms with van der Waals surface area (Å²) in [6.45, 7) is 12.3. The van der Waals surface area contributed by atoms with E-state index in [1.807, 2.05) is 28.1 Å². The Bertz CT molecular complexity index is 1310. The summed E-state index contributed by atoms with van der Waals surface area (Å²) < 4.78 is 88.5. The molecule has 19 heteroatoms. The summed E-state index contributed by atoms with van der Waals surface area (Å²) in [4.78, 5) is 0. The summed E-state index contributed by atoms with van der Waals surface area (Å²) in [7, 11) is -3.29. The predicted octanol–water partition coefficient (Wildman–Crippen LogP) is 6.41. The maximum atomic E-state index is 8.30. The second-order valence-electron chi connectivity index (χ2n) is 15.9. The molecule has 13 nitrogen and oxygen atoms in total. The molecule has 1 radical (unpaired) electrons. The van der Waals surface area contributed by atoms with E-state index in [0.29, 0.717) is 18.2 Å². The van der Waals surface area contributed by atoms with Gasteiger partial charge in [0, 0.05) is 57.3 Å². The van der Waals surface area contributed by atoms with Gasteiger partial charge in [-0.05, 0) is 99.7 Å². The SMILES string of the molecule is CC(C)N1C[C@@H]2O[C@H]3OC4(CCCC4)O[C@H]3[C@@H]2OP1Cl.[2H]S(I)(C[B][3H])OCC1OC(C)CC1OP1O[C@H]2[C@@H]3OC4(CCCC4)O[C@@H]3O[C@H]2CN1C(C)C. The molecule has 9 fully saturated rings. The Balaban J connectivity index is 0.000000175. The van der Waals surface area contributed by atoms with Crippen LogP contribution in [0.2, 0.25) is 0 Å².